The molecule has 1 fully saturated rings. The van der Waals surface area contributed by atoms with Crippen molar-refractivity contribution < 1.29 is 22.7 Å². The monoisotopic (exact) mass is 545 g/mol. The first-order valence-corrected chi connectivity index (χ1v) is 14.0. The van der Waals surface area contributed by atoms with Gasteiger partial charge in [-0.25, -0.2) is 13.2 Å². The number of fused-ring (bicyclic) bond motifs is 1. The summed E-state index contributed by atoms with van der Waals surface area (Å²) in [5.41, 5.74) is 1.14. The minimum atomic E-state index is -3.77. The van der Waals surface area contributed by atoms with Crippen molar-refractivity contribution >= 4 is 55.1 Å². The summed E-state index contributed by atoms with van der Waals surface area (Å²) in [5, 5.41) is 0.442. The minimum absolute atomic E-state index is 0.0420. The van der Waals surface area contributed by atoms with Gasteiger partial charge in [0.05, 0.1) is 39.7 Å². The van der Waals surface area contributed by atoms with Crippen LogP contribution in [0, 0.1) is 18.3 Å². The van der Waals surface area contributed by atoms with Gasteiger partial charge in [0.1, 0.15) is 0 Å². The molecule has 0 bridgehead atoms. The smallest absolute Gasteiger partial charge is 0.338 e. The van der Waals surface area contributed by atoms with Gasteiger partial charge in [0.25, 0.3) is 5.91 Å². The quantitative estimate of drug-likeness (QED) is 0.347. The summed E-state index contributed by atoms with van der Waals surface area (Å²) < 4.78 is 35.0. The van der Waals surface area contributed by atoms with Gasteiger partial charge in [-0.3, -0.25) is 4.79 Å². The molecule has 1 aliphatic rings. The van der Waals surface area contributed by atoms with Crippen LogP contribution in [0.1, 0.15) is 30.1 Å². The summed E-state index contributed by atoms with van der Waals surface area (Å²) in [6.45, 7) is 2.55. The van der Waals surface area contributed by atoms with Gasteiger partial charge >= 0.3 is 5.97 Å². The van der Waals surface area contributed by atoms with Crippen molar-refractivity contribution in [1.82, 2.24) is 8.87 Å². The van der Waals surface area contributed by atoms with E-state index in [1.807, 2.05) is 0 Å². The van der Waals surface area contributed by atoms with E-state index in [1.165, 1.54) is 39.9 Å². The van der Waals surface area contributed by atoms with Crippen LogP contribution in [0.15, 0.2) is 52.4 Å². The van der Waals surface area contributed by atoms with Crippen molar-refractivity contribution in [3.8, 4) is 12.3 Å². The fourth-order valence-electron chi connectivity index (χ4n) is 4.05. The number of benzene rings is 2. The number of ether oxygens (including phenoxy) is 1. The topological polar surface area (TPSA) is 98.0 Å². The third kappa shape index (κ3) is 5.39. The van der Waals surface area contributed by atoms with Gasteiger partial charge in [0.15, 0.2) is 4.80 Å². The lowest BCUT2D eigenvalue weighted by molar-refractivity contribution is -0.122. The first-order chi connectivity index (χ1) is 17.2. The van der Waals surface area contributed by atoms with E-state index in [4.69, 9.17) is 22.8 Å². The second-order valence-corrected chi connectivity index (χ2v) is 11.6. The molecule has 0 N–H and O–H groups in total. The number of rotatable bonds is 6. The maximum absolute atomic E-state index is 13.2. The summed E-state index contributed by atoms with van der Waals surface area (Å²) in [7, 11) is -3.77. The van der Waals surface area contributed by atoms with Crippen molar-refractivity contribution in [2.75, 3.05) is 19.7 Å². The molecule has 8 nitrogen and oxygen atoms in total. The molecule has 1 amide bonds. The van der Waals surface area contributed by atoms with Crippen LogP contribution in [0.25, 0.3) is 10.2 Å². The zero-order valence-electron chi connectivity index (χ0n) is 19.5. The van der Waals surface area contributed by atoms with Gasteiger partial charge < -0.3 is 9.30 Å². The van der Waals surface area contributed by atoms with Crippen molar-refractivity contribution in [3.05, 3.63) is 57.9 Å². The number of halogens is 1. The average Bonchev–Trinajstić information content (AvgIpc) is 3.20. The number of terminal acetylenes is 1. The summed E-state index contributed by atoms with van der Waals surface area (Å²) in [5.74, 6) is 1.15. The van der Waals surface area contributed by atoms with Crippen LogP contribution >= 0.6 is 22.9 Å². The number of piperidine rings is 1. The fraction of sp³-hybridized carbons (Fsp3) is 0.320. The Balaban J connectivity index is 1.63. The van der Waals surface area contributed by atoms with E-state index in [-0.39, 0.29) is 24.6 Å². The van der Waals surface area contributed by atoms with Gasteiger partial charge in [-0.2, -0.15) is 9.30 Å². The molecule has 0 saturated carbocycles. The Hall–Kier alpha value is -2.97. The molecule has 1 aromatic heterocycles. The van der Waals surface area contributed by atoms with Crippen LogP contribution in [-0.4, -0.2) is 48.9 Å². The van der Waals surface area contributed by atoms with E-state index < -0.39 is 27.8 Å². The predicted octanol–water partition coefficient (Wildman–Crippen LogP) is 3.69. The summed E-state index contributed by atoms with van der Waals surface area (Å²) >= 11 is 7.13. The second kappa shape index (κ2) is 11.0. The molecule has 1 aliphatic heterocycles. The number of nitrogens with zero attached hydrogens (tertiary/aromatic N) is 3. The molecule has 2 aromatic carbocycles. The summed E-state index contributed by atoms with van der Waals surface area (Å²) in [4.78, 5) is 30.2. The number of aromatic nitrogens is 1. The second-order valence-electron chi connectivity index (χ2n) is 8.18. The Bertz CT molecular complexity index is 1520. The van der Waals surface area contributed by atoms with Crippen molar-refractivity contribution in [1.29, 1.82) is 0 Å². The lowest BCUT2D eigenvalue weighted by atomic mass is 9.99. The first-order valence-electron chi connectivity index (χ1n) is 11.3. The van der Waals surface area contributed by atoms with Gasteiger partial charge in [0.2, 0.25) is 10.0 Å². The van der Waals surface area contributed by atoms with Crippen LogP contribution in [0.5, 0.6) is 0 Å². The number of thiazole rings is 1. The van der Waals surface area contributed by atoms with E-state index in [0.29, 0.717) is 34.8 Å². The number of esters is 1. The highest BCUT2D eigenvalue weighted by molar-refractivity contribution is 7.89. The highest BCUT2D eigenvalue weighted by atomic mass is 35.5. The molecule has 188 valence electrons. The molecule has 0 radical (unpaired) electrons. The highest BCUT2D eigenvalue weighted by Crippen LogP contribution is 2.26. The molecule has 3 aromatic rings. The third-order valence-corrected chi connectivity index (χ3v) is 9.01. The Labute approximate surface area is 218 Å². The minimum Gasteiger partial charge on any atom is -0.462 e. The van der Waals surface area contributed by atoms with Crippen molar-refractivity contribution in [2.45, 2.75) is 31.2 Å². The molecule has 0 aliphatic carbocycles. The van der Waals surface area contributed by atoms with Crippen LogP contribution in [0.2, 0.25) is 5.02 Å². The van der Waals surface area contributed by atoms with Gasteiger partial charge in [-0.1, -0.05) is 28.9 Å². The molecule has 1 saturated heterocycles. The summed E-state index contributed by atoms with van der Waals surface area (Å²) in [6, 6.07) is 11.0. The molecule has 36 heavy (non-hydrogen) atoms. The van der Waals surface area contributed by atoms with Gasteiger partial charge in [0, 0.05) is 18.1 Å². The summed E-state index contributed by atoms with van der Waals surface area (Å²) in [6.07, 6.45) is 6.62. The van der Waals surface area contributed by atoms with E-state index in [2.05, 4.69) is 10.9 Å². The van der Waals surface area contributed by atoms with E-state index in [0.717, 1.165) is 10.2 Å². The maximum atomic E-state index is 13.2. The van der Waals surface area contributed by atoms with Gasteiger partial charge in [-0.05, 0) is 62.2 Å². The predicted molar refractivity (Wildman–Crippen MR) is 138 cm³/mol. The Morgan fingerprint density at radius 2 is 2.00 bits per heavy atom. The molecule has 2 heterocycles. The molecule has 0 spiro atoms. The first kappa shape index (κ1) is 26.1. The lowest BCUT2D eigenvalue weighted by Gasteiger charge is -2.30. The van der Waals surface area contributed by atoms with E-state index in [9.17, 15) is 18.0 Å². The zero-order valence-corrected chi connectivity index (χ0v) is 21.9. The van der Waals surface area contributed by atoms with Crippen LogP contribution < -0.4 is 4.80 Å². The van der Waals surface area contributed by atoms with Crippen LogP contribution in [-0.2, 0) is 26.1 Å². The van der Waals surface area contributed by atoms with E-state index >= 15 is 0 Å². The Morgan fingerprint density at radius 3 is 2.69 bits per heavy atom. The molecule has 4 rings (SSSR count). The fourth-order valence-corrected chi connectivity index (χ4v) is 6.77. The number of hydrogen-bond acceptors (Lipinski definition) is 6. The third-order valence-electron chi connectivity index (χ3n) is 5.83. The molecule has 11 heteroatoms. The lowest BCUT2D eigenvalue weighted by Crippen LogP contribution is -2.42. The van der Waals surface area contributed by atoms with Gasteiger partial charge in [-0.15, -0.1) is 6.42 Å². The maximum Gasteiger partial charge on any atom is 0.338 e. The standard InChI is InChI=1S/C25H24ClN3O5S2/c1-3-13-29-21-12-7-17(24(31)34-4-2)15-22(21)35-25(29)27-23(30)18-6-5-14-28(16-18)36(32,33)20-10-8-19(26)9-11-20/h1,7-12,15,18H,4-6,13-14,16H2,2H3. The number of carbonyl (C=O) groups is 2. The zero-order chi connectivity index (χ0) is 25.9. The largest absolute Gasteiger partial charge is 0.462 e. The normalized spacial score (nSPS) is 17.1. The number of carbonyl (C=O) groups excluding carboxylic acids is 2. The van der Waals surface area contributed by atoms with E-state index in [1.54, 1.807) is 29.7 Å². The Kier molecular flexibility index (Phi) is 7.95. The number of sulfonamides is 1. The van der Waals surface area contributed by atoms with Crippen LogP contribution in [0.3, 0.4) is 0 Å². The Morgan fingerprint density at radius 1 is 1.25 bits per heavy atom. The molecule has 1 atom stereocenters. The molecular weight excluding hydrogens is 522 g/mol. The molecule has 1 unspecified atom stereocenters. The SMILES string of the molecule is C#CCn1c(=NC(=O)C2CCCN(S(=O)(=O)c3ccc(Cl)cc3)C2)sc2cc(C(=O)OCC)ccc21. The van der Waals surface area contributed by atoms with Crippen LogP contribution in [0.4, 0.5) is 0 Å². The molecular formula is C25H24ClN3O5S2. The number of amides is 1. The average molecular weight is 546 g/mol. The van der Waals surface area contributed by atoms with Crippen molar-refractivity contribution in [2.24, 2.45) is 10.9 Å². The highest BCUT2D eigenvalue weighted by Gasteiger charge is 2.33. The number of hydrogen-bond donors (Lipinski definition) is 0. The van der Waals surface area contributed by atoms with Crippen molar-refractivity contribution in [3.63, 3.8) is 0 Å².